The summed E-state index contributed by atoms with van der Waals surface area (Å²) < 4.78 is 2.17. The van der Waals surface area contributed by atoms with Gasteiger partial charge in [-0.1, -0.05) is 40.8 Å². The van der Waals surface area contributed by atoms with Crippen molar-refractivity contribution in [3.63, 3.8) is 0 Å². The molecule has 3 rings (SSSR count). The van der Waals surface area contributed by atoms with Crippen LogP contribution in [0.5, 0.6) is 0 Å². The first-order valence-corrected chi connectivity index (χ1v) is 12.3. The quantitative estimate of drug-likeness (QED) is 0.363. The summed E-state index contributed by atoms with van der Waals surface area (Å²) in [6.45, 7) is 11.5. The third-order valence-corrected chi connectivity index (χ3v) is 7.06. The van der Waals surface area contributed by atoms with Crippen LogP contribution in [0.4, 0.5) is 10.8 Å². The first-order chi connectivity index (χ1) is 14.7. The maximum absolute atomic E-state index is 13.2. The number of hydrogen-bond donors (Lipinski definition) is 1. The highest BCUT2D eigenvalue weighted by molar-refractivity contribution is 7.99. The van der Waals surface area contributed by atoms with Crippen molar-refractivity contribution in [2.24, 2.45) is 0 Å². The Morgan fingerprint density at radius 3 is 2.61 bits per heavy atom. The molecule has 2 aromatic heterocycles. The molecule has 1 amide bonds. The van der Waals surface area contributed by atoms with Gasteiger partial charge < -0.3 is 10.2 Å². The average molecular weight is 480 g/mol. The third-order valence-electron chi connectivity index (χ3n) is 4.70. The SMILES string of the molecule is CCN(CC)c1nc2nc(SCC(=O)Nc3ccc(C)cc3Cl)n(C(C)C)c(=O)c2s1. The highest BCUT2D eigenvalue weighted by Crippen LogP contribution is 2.29. The Hall–Kier alpha value is -2.10. The summed E-state index contributed by atoms with van der Waals surface area (Å²) in [6.07, 6.45) is 0. The molecule has 1 N–H and O–H groups in total. The molecule has 1 aromatic carbocycles. The fourth-order valence-corrected chi connectivity index (χ4v) is 5.35. The summed E-state index contributed by atoms with van der Waals surface area (Å²) in [5, 5.41) is 4.57. The molecule has 0 atom stereocenters. The van der Waals surface area contributed by atoms with E-state index in [1.54, 1.807) is 16.7 Å². The molecule has 2 heterocycles. The van der Waals surface area contributed by atoms with Gasteiger partial charge in [0.1, 0.15) is 4.70 Å². The number of rotatable bonds is 8. The molecule has 166 valence electrons. The van der Waals surface area contributed by atoms with Gasteiger partial charge in [-0.3, -0.25) is 14.2 Å². The van der Waals surface area contributed by atoms with E-state index < -0.39 is 0 Å². The maximum Gasteiger partial charge on any atom is 0.274 e. The third kappa shape index (κ3) is 5.22. The van der Waals surface area contributed by atoms with E-state index in [1.165, 1.54) is 23.1 Å². The smallest absolute Gasteiger partial charge is 0.274 e. The van der Waals surface area contributed by atoms with E-state index in [2.05, 4.69) is 34.0 Å². The molecule has 0 spiro atoms. The Kier molecular flexibility index (Phi) is 7.61. The molecule has 0 aliphatic heterocycles. The van der Waals surface area contributed by atoms with Crippen LogP contribution in [-0.2, 0) is 4.79 Å². The molecule has 0 saturated heterocycles. The van der Waals surface area contributed by atoms with Crippen molar-refractivity contribution < 1.29 is 4.79 Å². The predicted octanol–water partition coefficient (Wildman–Crippen LogP) is 4.97. The number of anilines is 2. The van der Waals surface area contributed by atoms with E-state index in [0.29, 0.717) is 26.2 Å². The molecule has 31 heavy (non-hydrogen) atoms. The van der Waals surface area contributed by atoms with Crippen LogP contribution >= 0.6 is 34.7 Å². The fourth-order valence-electron chi connectivity index (χ4n) is 3.08. The molecule has 0 aliphatic carbocycles. The van der Waals surface area contributed by atoms with Gasteiger partial charge in [-0.15, -0.1) is 0 Å². The Morgan fingerprint density at radius 2 is 2.00 bits per heavy atom. The number of nitrogens with one attached hydrogen (secondary N) is 1. The van der Waals surface area contributed by atoms with E-state index in [0.717, 1.165) is 23.8 Å². The van der Waals surface area contributed by atoms with E-state index in [9.17, 15) is 9.59 Å². The molecule has 7 nitrogen and oxygen atoms in total. The van der Waals surface area contributed by atoms with Gasteiger partial charge in [0.2, 0.25) is 5.91 Å². The molecule has 3 aromatic rings. The number of aromatic nitrogens is 3. The lowest BCUT2D eigenvalue weighted by molar-refractivity contribution is -0.113. The molecule has 0 bridgehead atoms. The van der Waals surface area contributed by atoms with E-state index in [-0.39, 0.29) is 23.3 Å². The second-order valence-electron chi connectivity index (χ2n) is 7.30. The van der Waals surface area contributed by atoms with Crippen molar-refractivity contribution >= 4 is 61.8 Å². The monoisotopic (exact) mass is 479 g/mol. The van der Waals surface area contributed by atoms with Crippen molar-refractivity contribution in [2.45, 2.75) is 45.8 Å². The molecule has 0 unspecified atom stereocenters. The first kappa shape index (κ1) is 23.6. The minimum Gasteiger partial charge on any atom is -0.349 e. The summed E-state index contributed by atoms with van der Waals surface area (Å²) in [5.41, 5.74) is 1.88. The van der Waals surface area contributed by atoms with Gasteiger partial charge in [-0.2, -0.15) is 4.98 Å². The Morgan fingerprint density at radius 1 is 1.29 bits per heavy atom. The molecule has 0 aliphatic rings. The molecule has 0 fully saturated rings. The number of fused-ring (bicyclic) bond motifs is 1. The van der Waals surface area contributed by atoms with Crippen LogP contribution in [0, 0.1) is 6.92 Å². The van der Waals surface area contributed by atoms with Gasteiger partial charge in [-0.25, -0.2) is 4.98 Å². The van der Waals surface area contributed by atoms with Gasteiger partial charge in [0, 0.05) is 19.1 Å². The number of carbonyl (C=O) groups excluding carboxylic acids is 1. The summed E-state index contributed by atoms with van der Waals surface area (Å²) in [4.78, 5) is 37.0. The number of aryl methyl sites for hydroxylation is 1. The number of benzene rings is 1. The van der Waals surface area contributed by atoms with E-state index in [4.69, 9.17) is 11.6 Å². The van der Waals surface area contributed by atoms with Crippen LogP contribution in [0.25, 0.3) is 10.3 Å². The Labute approximate surface area is 194 Å². The van der Waals surface area contributed by atoms with Gasteiger partial charge in [0.25, 0.3) is 5.56 Å². The number of thioether (sulfide) groups is 1. The van der Waals surface area contributed by atoms with Crippen LogP contribution < -0.4 is 15.8 Å². The van der Waals surface area contributed by atoms with Gasteiger partial charge in [0.15, 0.2) is 15.9 Å². The lowest BCUT2D eigenvalue weighted by Gasteiger charge is -2.15. The van der Waals surface area contributed by atoms with E-state index >= 15 is 0 Å². The molecule has 0 saturated carbocycles. The minimum absolute atomic E-state index is 0.0968. The van der Waals surface area contributed by atoms with Crippen LogP contribution in [-0.4, -0.2) is 39.3 Å². The van der Waals surface area contributed by atoms with Crippen LogP contribution in [0.3, 0.4) is 0 Å². The molecular formula is C21H26ClN5O2S2. The lowest BCUT2D eigenvalue weighted by Crippen LogP contribution is -2.25. The van der Waals surface area contributed by atoms with Crippen molar-refractivity contribution in [1.82, 2.24) is 14.5 Å². The Balaban J connectivity index is 1.87. The molecule has 0 radical (unpaired) electrons. The fraction of sp³-hybridized carbons (Fsp3) is 0.429. The van der Waals surface area contributed by atoms with E-state index in [1.807, 2.05) is 26.8 Å². The van der Waals surface area contributed by atoms with Gasteiger partial charge >= 0.3 is 0 Å². The summed E-state index contributed by atoms with van der Waals surface area (Å²) in [6, 6.07) is 5.36. The highest BCUT2D eigenvalue weighted by atomic mass is 35.5. The zero-order valence-corrected chi connectivity index (χ0v) is 20.6. The number of halogens is 1. The zero-order chi connectivity index (χ0) is 22.7. The summed E-state index contributed by atoms with van der Waals surface area (Å²) in [5.74, 6) is -0.121. The lowest BCUT2D eigenvalue weighted by atomic mass is 10.2. The average Bonchev–Trinajstić information content (AvgIpc) is 3.13. The van der Waals surface area contributed by atoms with Crippen molar-refractivity contribution in [3.8, 4) is 0 Å². The second kappa shape index (κ2) is 10.0. The van der Waals surface area contributed by atoms with Crippen LogP contribution in [0.15, 0.2) is 28.2 Å². The van der Waals surface area contributed by atoms with Crippen LogP contribution in [0.1, 0.15) is 39.3 Å². The molecular weight excluding hydrogens is 454 g/mol. The van der Waals surface area contributed by atoms with Crippen molar-refractivity contribution in [3.05, 3.63) is 39.1 Å². The second-order valence-corrected chi connectivity index (χ2v) is 9.63. The maximum atomic E-state index is 13.2. The number of nitrogens with zero attached hydrogens (tertiary/aromatic N) is 4. The Bertz CT molecular complexity index is 1150. The van der Waals surface area contributed by atoms with Crippen molar-refractivity contribution in [1.29, 1.82) is 0 Å². The zero-order valence-electron chi connectivity index (χ0n) is 18.2. The predicted molar refractivity (Wildman–Crippen MR) is 131 cm³/mol. The van der Waals surface area contributed by atoms with Crippen molar-refractivity contribution in [2.75, 3.05) is 29.1 Å². The number of amides is 1. The first-order valence-electron chi connectivity index (χ1n) is 10.1. The topological polar surface area (TPSA) is 80.1 Å². The van der Waals surface area contributed by atoms with Gasteiger partial charge in [-0.05, 0) is 52.3 Å². The largest absolute Gasteiger partial charge is 0.349 e. The number of thiazole rings is 1. The summed E-state index contributed by atoms with van der Waals surface area (Å²) in [7, 11) is 0. The number of carbonyl (C=O) groups is 1. The highest BCUT2D eigenvalue weighted by Gasteiger charge is 2.20. The number of hydrogen-bond acceptors (Lipinski definition) is 7. The minimum atomic E-state index is -0.220. The standard InChI is InChI=1S/C21H26ClN5O2S2/c1-6-26(7-2)20-24-18-17(31-20)19(29)27(12(3)4)21(25-18)30-11-16(28)23-15-9-8-13(5)10-14(15)22/h8-10,12H,6-7,11H2,1-5H3,(H,23,28). The summed E-state index contributed by atoms with van der Waals surface area (Å²) >= 11 is 8.79. The van der Waals surface area contributed by atoms with Crippen LogP contribution in [0.2, 0.25) is 5.02 Å². The normalized spacial score (nSPS) is 11.3. The van der Waals surface area contributed by atoms with Gasteiger partial charge in [0.05, 0.1) is 16.5 Å². The molecule has 10 heteroatoms.